The van der Waals surface area contributed by atoms with Crippen molar-refractivity contribution in [3.05, 3.63) is 12.2 Å². The van der Waals surface area contributed by atoms with Gasteiger partial charge in [0.15, 0.2) is 0 Å². The van der Waals surface area contributed by atoms with Crippen molar-refractivity contribution in [1.29, 1.82) is 0 Å². The molecule has 0 aromatic carbocycles. The van der Waals surface area contributed by atoms with E-state index in [0.717, 1.165) is 6.54 Å². The number of carboxylic acids is 1. The Morgan fingerprint density at radius 3 is 2.50 bits per heavy atom. The third-order valence-electron chi connectivity index (χ3n) is 2.94. The molecule has 0 unspecified atom stereocenters. The van der Waals surface area contributed by atoms with Crippen molar-refractivity contribution in [1.82, 2.24) is 4.90 Å². The van der Waals surface area contributed by atoms with E-state index in [2.05, 4.69) is 18.4 Å². The van der Waals surface area contributed by atoms with Crippen LogP contribution in [0.5, 0.6) is 0 Å². The molecule has 1 rings (SSSR count). The zero-order valence-electron chi connectivity index (χ0n) is 8.83. The number of rotatable bonds is 5. The van der Waals surface area contributed by atoms with Crippen LogP contribution in [0, 0.1) is 0 Å². The average Bonchev–Trinajstić information content (AvgIpc) is 2.66. The van der Waals surface area contributed by atoms with Gasteiger partial charge >= 0.3 is 5.97 Å². The van der Waals surface area contributed by atoms with E-state index >= 15 is 0 Å². The highest BCUT2D eigenvalue weighted by atomic mass is 16.4. The quantitative estimate of drug-likeness (QED) is 0.684. The molecule has 0 saturated heterocycles. The van der Waals surface area contributed by atoms with Crippen LogP contribution in [0.25, 0.3) is 0 Å². The Morgan fingerprint density at radius 2 is 2.07 bits per heavy atom. The zero-order valence-corrected chi connectivity index (χ0v) is 8.83. The molecule has 0 aliphatic heterocycles. The van der Waals surface area contributed by atoms with Gasteiger partial charge in [0.2, 0.25) is 0 Å². The Balaban J connectivity index is 2.45. The SMILES string of the molecule is C=C(CN(CC)C1CCCC1)C(=O)O. The summed E-state index contributed by atoms with van der Waals surface area (Å²) in [7, 11) is 0. The maximum atomic E-state index is 10.6. The van der Waals surface area contributed by atoms with Crippen LogP contribution in [0.4, 0.5) is 0 Å². The molecule has 3 nitrogen and oxygen atoms in total. The summed E-state index contributed by atoms with van der Waals surface area (Å²) < 4.78 is 0. The Bertz CT molecular complexity index is 219. The van der Waals surface area contributed by atoms with E-state index < -0.39 is 5.97 Å². The van der Waals surface area contributed by atoms with Gasteiger partial charge in [0.25, 0.3) is 0 Å². The molecule has 80 valence electrons. The number of carbonyl (C=O) groups is 1. The van der Waals surface area contributed by atoms with Crippen molar-refractivity contribution in [2.75, 3.05) is 13.1 Å². The summed E-state index contributed by atoms with van der Waals surface area (Å²) in [5, 5.41) is 8.74. The third-order valence-corrected chi connectivity index (χ3v) is 2.94. The molecule has 1 aliphatic carbocycles. The van der Waals surface area contributed by atoms with Gasteiger partial charge in [-0.25, -0.2) is 4.79 Å². The highest BCUT2D eigenvalue weighted by Crippen LogP contribution is 2.23. The summed E-state index contributed by atoms with van der Waals surface area (Å²) >= 11 is 0. The second-order valence-electron chi connectivity index (χ2n) is 3.91. The highest BCUT2D eigenvalue weighted by molar-refractivity contribution is 5.86. The minimum atomic E-state index is -0.874. The molecule has 1 saturated carbocycles. The molecule has 1 N–H and O–H groups in total. The fourth-order valence-corrected chi connectivity index (χ4v) is 2.08. The Morgan fingerprint density at radius 1 is 1.50 bits per heavy atom. The van der Waals surface area contributed by atoms with Gasteiger partial charge in [-0.2, -0.15) is 0 Å². The Kier molecular flexibility index (Phi) is 4.14. The Hall–Kier alpha value is -0.830. The molecule has 0 spiro atoms. The molecule has 1 aliphatic rings. The van der Waals surface area contributed by atoms with Crippen LogP contribution in [-0.4, -0.2) is 35.1 Å². The van der Waals surface area contributed by atoms with Crippen molar-refractivity contribution in [3.8, 4) is 0 Å². The van der Waals surface area contributed by atoms with Gasteiger partial charge in [-0.1, -0.05) is 26.3 Å². The van der Waals surface area contributed by atoms with E-state index in [9.17, 15) is 4.79 Å². The number of hydrogen-bond acceptors (Lipinski definition) is 2. The topological polar surface area (TPSA) is 40.5 Å². The number of nitrogens with zero attached hydrogens (tertiary/aromatic N) is 1. The first-order valence-corrected chi connectivity index (χ1v) is 5.30. The van der Waals surface area contributed by atoms with Crippen LogP contribution < -0.4 is 0 Å². The molecular weight excluding hydrogens is 178 g/mol. The fourth-order valence-electron chi connectivity index (χ4n) is 2.08. The molecule has 0 atom stereocenters. The van der Waals surface area contributed by atoms with Crippen LogP contribution in [0.1, 0.15) is 32.6 Å². The number of aliphatic carboxylic acids is 1. The van der Waals surface area contributed by atoms with E-state index in [0.29, 0.717) is 18.2 Å². The monoisotopic (exact) mass is 197 g/mol. The molecule has 0 bridgehead atoms. The van der Waals surface area contributed by atoms with Crippen LogP contribution in [0.15, 0.2) is 12.2 Å². The number of likely N-dealkylation sites (N-methyl/N-ethyl adjacent to an activating group) is 1. The first-order valence-electron chi connectivity index (χ1n) is 5.30. The van der Waals surface area contributed by atoms with Gasteiger partial charge in [0.05, 0.1) is 0 Å². The molecule has 14 heavy (non-hydrogen) atoms. The first kappa shape index (κ1) is 11.2. The maximum Gasteiger partial charge on any atom is 0.332 e. The average molecular weight is 197 g/mol. The summed E-state index contributed by atoms with van der Waals surface area (Å²) in [5.41, 5.74) is 0.304. The van der Waals surface area contributed by atoms with E-state index in [-0.39, 0.29) is 0 Å². The lowest BCUT2D eigenvalue weighted by atomic mass is 10.2. The molecule has 0 heterocycles. The lowest BCUT2D eigenvalue weighted by Crippen LogP contribution is -2.35. The smallest absolute Gasteiger partial charge is 0.332 e. The van der Waals surface area contributed by atoms with Gasteiger partial charge in [-0.05, 0) is 19.4 Å². The molecule has 1 fully saturated rings. The maximum absolute atomic E-state index is 10.6. The largest absolute Gasteiger partial charge is 0.478 e. The molecular formula is C11H19NO2. The molecule has 3 heteroatoms. The predicted molar refractivity (Wildman–Crippen MR) is 56.3 cm³/mol. The predicted octanol–water partition coefficient (Wildman–Crippen LogP) is 1.89. The van der Waals surface area contributed by atoms with Crippen LogP contribution in [0.3, 0.4) is 0 Å². The lowest BCUT2D eigenvalue weighted by Gasteiger charge is -2.27. The van der Waals surface area contributed by atoms with E-state index in [1.54, 1.807) is 0 Å². The van der Waals surface area contributed by atoms with Crippen molar-refractivity contribution in [3.63, 3.8) is 0 Å². The minimum absolute atomic E-state index is 0.304. The van der Waals surface area contributed by atoms with Crippen LogP contribution >= 0.6 is 0 Å². The highest BCUT2D eigenvalue weighted by Gasteiger charge is 2.22. The van der Waals surface area contributed by atoms with E-state index in [1.165, 1.54) is 25.7 Å². The summed E-state index contributed by atoms with van der Waals surface area (Å²) in [6.45, 7) is 7.07. The normalized spacial score (nSPS) is 17.6. The first-order chi connectivity index (χ1) is 6.65. The standard InChI is InChI=1S/C11H19NO2/c1-3-12(8-9(2)11(13)14)10-6-4-5-7-10/h10H,2-8H2,1H3,(H,13,14). The number of hydrogen-bond donors (Lipinski definition) is 1. The fraction of sp³-hybridized carbons (Fsp3) is 0.727. The lowest BCUT2D eigenvalue weighted by molar-refractivity contribution is -0.132. The van der Waals surface area contributed by atoms with Gasteiger partial charge < -0.3 is 5.11 Å². The van der Waals surface area contributed by atoms with Crippen molar-refractivity contribution < 1.29 is 9.90 Å². The van der Waals surface area contributed by atoms with E-state index in [1.807, 2.05) is 0 Å². The van der Waals surface area contributed by atoms with Crippen molar-refractivity contribution in [2.24, 2.45) is 0 Å². The Labute approximate surface area is 85.4 Å². The van der Waals surface area contributed by atoms with E-state index in [4.69, 9.17) is 5.11 Å². The van der Waals surface area contributed by atoms with Gasteiger partial charge in [0, 0.05) is 18.2 Å². The molecule has 0 radical (unpaired) electrons. The zero-order chi connectivity index (χ0) is 10.6. The summed E-state index contributed by atoms with van der Waals surface area (Å²) in [6, 6.07) is 0.580. The summed E-state index contributed by atoms with van der Waals surface area (Å²) in [4.78, 5) is 12.9. The second-order valence-corrected chi connectivity index (χ2v) is 3.91. The van der Waals surface area contributed by atoms with Crippen LogP contribution in [0.2, 0.25) is 0 Å². The third kappa shape index (κ3) is 2.84. The number of carboxylic acid groups (broad SMARTS) is 1. The molecule has 0 aromatic heterocycles. The molecule has 0 aromatic rings. The summed E-state index contributed by atoms with van der Waals surface area (Å²) in [5.74, 6) is -0.874. The summed E-state index contributed by atoms with van der Waals surface area (Å²) in [6.07, 6.45) is 4.98. The van der Waals surface area contributed by atoms with Gasteiger partial charge in [-0.3, -0.25) is 4.90 Å². The van der Waals surface area contributed by atoms with Crippen LogP contribution in [-0.2, 0) is 4.79 Å². The molecule has 0 amide bonds. The van der Waals surface area contributed by atoms with Crippen molar-refractivity contribution in [2.45, 2.75) is 38.6 Å². The van der Waals surface area contributed by atoms with Gasteiger partial charge in [0.1, 0.15) is 0 Å². The second kappa shape index (κ2) is 5.15. The minimum Gasteiger partial charge on any atom is -0.478 e. The van der Waals surface area contributed by atoms with Crippen molar-refractivity contribution >= 4 is 5.97 Å². The van der Waals surface area contributed by atoms with Gasteiger partial charge in [-0.15, -0.1) is 0 Å².